The standard InChI is InChI=1S/C23H46O3/c1-3-4-5-6-10-13-16-19-22(24)20-17-14-11-8-7-9-12-15-18-21-23(25)26-2/h22,24H,3-21H2,1-2H3. The fourth-order valence-electron chi connectivity index (χ4n) is 3.47. The van der Waals surface area contributed by atoms with Crippen LogP contribution in [0.25, 0.3) is 0 Å². The summed E-state index contributed by atoms with van der Waals surface area (Å²) in [6.07, 6.45) is 22.7. The molecule has 0 bridgehead atoms. The molecule has 0 aliphatic carbocycles. The van der Waals surface area contributed by atoms with Crippen LogP contribution in [-0.2, 0) is 9.53 Å². The highest BCUT2D eigenvalue weighted by molar-refractivity contribution is 5.68. The number of ether oxygens (including phenoxy) is 1. The maximum absolute atomic E-state index is 11.0. The van der Waals surface area contributed by atoms with E-state index in [2.05, 4.69) is 11.7 Å². The summed E-state index contributed by atoms with van der Waals surface area (Å²) in [5.41, 5.74) is 0. The number of unbranched alkanes of at least 4 members (excludes halogenated alkanes) is 14. The minimum Gasteiger partial charge on any atom is -0.469 e. The van der Waals surface area contributed by atoms with Crippen LogP contribution in [-0.4, -0.2) is 24.3 Å². The van der Waals surface area contributed by atoms with Gasteiger partial charge in [-0.1, -0.05) is 103 Å². The quantitative estimate of drug-likeness (QED) is 0.186. The van der Waals surface area contributed by atoms with E-state index in [-0.39, 0.29) is 12.1 Å². The molecule has 0 heterocycles. The smallest absolute Gasteiger partial charge is 0.305 e. The van der Waals surface area contributed by atoms with Crippen molar-refractivity contribution in [2.24, 2.45) is 0 Å². The van der Waals surface area contributed by atoms with Crippen molar-refractivity contribution in [3.63, 3.8) is 0 Å². The fourth-order valence-corrected chi connectivity index (χ4v) is 3.47. The van der Waals surface area contributed by atoms with Crippen LogP contribution < -0.4 is 0 Å². The van der Waals surface area contributed by atoms with Crippen LogP contribution in [0.3, 0.4) is 0 Å². The van der Waals surface area contributed by atoms with Crippen LogP contribution in [0.15, 0.2) is 0 Å². The van der Waals surface area contributed by atoms with Gasteiger partial charge in [0.2, 0.25) is 0 Å². The van der Waals surface area contributed by atoms with Crippen molar-refractivity contribution in [3.05, 3.63) is 0 Å². The molecule has 0 saturated heterocycles. The Kier molecular flexibility index (Phi) is 20.3. The Bertz CT molecular complexity index is 291. The Balaban J connectivity index is 3.16. The second kappa shape index (κ2) is 20.7. The summed E-state index contributed by atoms with van der Waals surface area (Å²) in [4.78, 5) is 11.0. The van der Waals surface area contributed by atoms with E-state index in [9.17, 15) is 9.90 Å². The van der Waals surface area contributed by atoms with Crippen molar-refractivity contribution in [1.29, 1.82) is 0 Å². The summed E-state index contributed by atoms with van der Waals surface area (Å²) in [5.74, 6) is -0.0841. The molecule has 0 aromatic heterocycles. The van der Waals surface area contributed by atoms with Crippen LogP contribution in [0.5, 0.6) is 0 Å². The van der Waals surface area contributed by atoms with E-state index >= 15 is 0 Å². The SMILES string of the molecule is CCCCCCCCCC(O)CCCCCCCCCCCC(=O)OC. The third-order valence-electron chi connectivity index (χ3n) is 5.29. The molecule has 0 aliphatic heterocycles. The van der Waals surface area contributed by atoms with Crippen molar-refractivity contribution in [1.82, 2.24) is 0 Å². The van der Waals surface area contributed by atoms with Crippen molar-refractivity contribution >= 4 is 5.97 Å². The summed E-state index contributed by atoms with van der Waals surface area (Å²) in [6, 6.07) is 0. The Morgan fingerprint density at radius 1 is 0.692 bits per heavy atom. The van der Waals surface area contributed by atoms with Crippen LogP contribution in [0.2, 0.25) is 0 Å². The summed E-state index contributed by atoms with van der Waals surface area (Å²) >= 11 is 0. The van der Waals surface area contributed by atoms with Gasteiger partial charge >= 0.3 is 5.97 Å². The maximum atomic E-state index is 11.0. The average Bonchev–Trinajstić information content (AvgIpc) is 2.65. The number of aliphatic hydroxyl groups excluding tert-OH is 1. The molecule has 1 N–H and O–H groups in total. The van der Waals surface area contributed by atoms with Gasteiger partial charge in [-0.2, -0.15) is 0 Å². The summed E-state index contributed by atoms with van der Waals surface area (Å²) < 4.78 is 4.64. The Morgan fingerprint density at radius 3 is 1.50 bits per heavy atom. The number of carbonyl (C=O) groups excluding carboxylic acids is 1. The number of carbonyl (C=O) groups is 1. The normalized spacial score (nSPS) is 12.3. The fraction of sp³-hybridized carbons (Fsp3) is 0.957. The third-order valence-corrected chi connectivity index (χ3v) is 5.29. The first-order chi connectivity index (χ1) is 12.7. The summed E-state index contributed by atoms with van der Waals surface area (Å²) in [5, 5.41) is 10.0. The lowest BCUT2D eigenvalue weighted by Gasteiger charge is -2.10. The number of hydrogen-bond donors (Lipinski definition) is 1. The lowest BCUT2D eigenvalue weighted by molar-refractivity contribution is -0.140. The van der Waals surface area contributed by atoms with E-state index in [1.54, 1.807) is 0 Å². The predicted molar refractivity (Wildman–Crippen MR) is 111 cm³/mol. The van der Waals surface area contributed by atoms with E-state index in [1.165, 1.54) is 97.0 Å². The molecule has 0 saturated carbocycles. The van der Waals surface area contributed by atoms with Gasteiger partial charge in [0, 0.05) is 6.42 Å². The van der Waals surface area contributed by atoms with E-state index in [1.807, 2.05) is 0 Å². The van der Waals surface area contributed by atoms with Crippen molar-refractivity contribution in [3.8, 4) is 0 Å². The molecular weight excluding hydrogens is 324 g/mol. The van der Waals surface area contributed by atoms with Gasteiger partial charge in [0.1, 0.15) is 0 Å². The summed E-state index contributed by atoms with van der Waals surface area (Å²) in [7, 11) is 1.46. The van der Waals surface area contributed by atoms with Crippen LogP contribution >= 0.6 is 0 Å². The number of rotatable bonds is 20. The van der Waals surface area contributed by atoms with Gasteiger partial charge in [-0.3, -0.25) is 4.79 Å². The van der Waals surface area contributed by atoms with Gasteiger partial charge in [-0.05, 0) is 19.3 Å². The molecule has 0 amide bonds. The highest BCUT2D eigenvalue weighted by atomic mass is 16.5. The molecule has 1 atom stereocenters. The molecule has 1 unspecified atom stereocenters. The Morgan fingerprint density at radius 2 is 1.08 bits per heavy atom. The summed E-state index contributed by atoms with van der Waals surface area (Å²) in [6.45, 7) is 2.26. The van der Waals surface area contributed by atoms with Crippen molar-refractivity contribution < 1.29 is 14.6 Å². The highest BCUT2D eigenvalue weighted by Gasteiger charge is 2.04. The first kappa shape index (κ1) is 25.4. The Labute approximate surface area is 163 Å². The minimum absolute atomic E-state index is 0.0690. The number of esters is 1. The van der Waals surface area contributed by atoms with Crippen LogP contribution in [0.4, 0.5) is 0 Å². The molecule has 3 nitrogen and oxygen atoms in total. The second-order valence-corrected chi connectivity index (χ2v) is 7.86. The molecule has 0 rings (SSSR count). The van der Waals surface area contributed by atoms with Gasteiger partial charge in [0.25, 0.3) is 0 Å². The largest absolute Gasteiger partial charge is 0.469 e. The predicted octanol–water partition coefficient (Wildman–Crippen LogP) is 6.95. The van der Waals surface area contributed by atoms with Crippen molar-refractivity contribution in [2.45, 2.75) is 135 Å². The van der Waals surface area contributed by atoms with E-state index < -0.39 is 0 Å². The molecule has 156 valence electrons. The maximum Gasteiger partial charge on any atom is 0.305 e. The molecule has 0 aromatic carbocycles. The minimum atomic E-state index is -0.0841. The van der Waals surface area contributed by atoms with Gasteiger partial charge in [0.15, 0.2) is 0 Å². The first-order valence-electron chi connectivity index (χ1n) is 11.5. The molecule has 0 spiro atoms. The van der Waals surface area contributed by atoms with Gasteiger partial charge in [-0.15, -0.1) is 0 Å². The molecular formula is C23H46O3. The zero-order valence-electron chi connectivity index (χ0n) is 17.8. The second-order valence-electron chi connectivity index (χ2n) is 7.86. The highest BCUT2D eigenvalue weighted by Crippen LogP contribution is 2.15. The Hall–Kier alpha value is -0.570. The molecule has 0 aromatic rings. The number of hydrogen-bond acceptors (Lipinski definition) is 3. The van der Waals surface area contributed by atoms with Crippen molar-refractivity contribution in [2.75, 3.05) is 7.11 Å². The lowest BCUT2D eigenvalue weighted by atomic mass is 10.0. The molecule has 0 aliphatic rings. The van der Waals surface area contributed by atoms with E-state index in [0.717, 1.165) is 25.7 Å². The third kappa shape index (κ3) is 19.8. The molecule has 26 heavy (non-hydrogen) atoms. The van der Waals surface area contributed by atoms with Crippen LogP contribution in [0, 0.1) is 0 Å². The van der Waals surface area contributed by atoms with Gasteiger partial charge < -0.3 is 9.84 Å². The average molecular weight is 371 g/mol. The zero-order valence-corrected chi connectivity index (χ0v) is 17.8. The monoisotopic (exact) mass is 370 g/mol. The first-order valence-corrected chi connectivity index (χ1v) is 11.5. The number of methoxy groups -OCH3 is 1. The molecule has 0 fully saturated rings. The molecule has 3 heteroatoms. The van der Waals surface area contributed by atoms with Gasteiger partial charge in [-0.25, -0.2) is 0 Å². The zero-order chi connectivity index (χ0) is 19.3. The van der Waals surface area contributed by atoms with Gasteiger partial charge in [0.05, 0.1) is 13.2 Å². The number of aliphatic hydroxyl groups is 1. The molecule has 0 radical (unpaired) electrons. The topological polar surface area (TPSA) is 46.5 Å². The van der Waals surface area contributed by atoms with Crippen LogP contribution in [0.1, 0.15) is 129 Å². The van der Waals surface area contributed by atoms with E-state index in [0.29, 0.717) is 6.42 Å². The lowest BCUT2D eigenvalue weighted by Crippen LogP contribution is -2.05. The van der Waals surface area contributed by atoms with E-state index in [4.69, 9.17) is 0 Å².